The molecule has 2 aliphatic heterocycles. The number of carbonyl (C=O) groups is 1. The van der Waals surface area contributed by atoms with Gasteiger partial charge in [0.05, 0.1) is 0 Å². The van der Waals surface area contributed by atoms with Gasteiger partial charge in [-0.1, -0.05) is 5.57 Å². The molecule has 0 aromatic rings. The minimum atomic E-state index is -0.0498. The molecular weight excluding hydrogens is 178 g/mol. The SMILES string of the molecule is CC(C)=C1C=CN=C1N1CCNC1=O. The Morgan fingerprint density at radius 2 is 2.36 bits per heavy atom. The van der Waals surface area contributed by atoms with Crippen LogP contribution in [0.1, 0.15) is 13.8 Å². The van der Waals surface area contributed by atoms with Crippen molar-refractivity contribution in [3.8, 4) is 0 Å². The molecule has 14 heavy (non-hydrogen) atoms. The Labute approximate surface area is 83.0 Å². The number of amides is 2. The molecule has 0 atom stereocenters. The molecule has 4 heteroatoms. The molecule has 2 heterocycles. The largest absolute Gasteiger partial charge is 0.336 e. The van der Waals surface area contributed by atoms with Gasteiger partial charge in [0.15, 0.2) is 0 Å². The first kappa shape index (κ1) is 8.99. The molecule has 2 rings (SSSR count). The van der Waals surface area contributed by atoms with Crippen molar-refractivity contribution < 1.29 is 4.79 Å². The van der Waals surface area contributed by atoms with E-state index in [4.69, 9.17) is 0 Å². The second-order valence-electron chi connectivity index (χ2n) is 3.57. The van der Waals surface area contributed by atoms with Crippen molar-refractivity contribution in [1.29, 1.82) is 0 Å². The maximum atomic E-state index is 11.4. The van der Waals surface area contributed by atoms with E-state index in [0.29, 0.717) is 13.1 Å². The molecule has 0 aromatic heterocycles. The van der Waals surface area contributed by atoms with Crippen molar-refractivity contribution in [2.75, 3.05) is 13.1 Å². The molecule has 1 saturated heterocycles. The van der Waals surface area contributed by atoms with E-state index < -0.39 is 0 Å². The number of nitrogens with one attached hydrogen (secondary N) is 1. The molecule has 0 bridgehead atoms. The van der Waals surface area contributed by atoms with Crippen LogP contribution in [0.15, 0.2) is 28.4 Å². The van der Waals surface area contributed by atoms with Crippen LogP contribution in [0, 0.1) is 0 Å². The van der Waals surface area contributed by atoms with Gasteiger partial charge in [0.25, 0.3) is 0 Å². The third kappa shape index (κ3) is 1.32. The molecule has 0 aliphatic carbocycles. The lowest BCUT2D eigenvalue weighted by Crippen LogP contribution is -2.34. The number of amidine groups is 1. The zero-order chi connectivity index (χ0) is 10.1. The summed E-state index contributed by atoms with van der Waals surface area (Å²) in [5.74, 6) is 0.778. The lowest BCUT2D eigenvalue weighted by molar-refractivity contribution is 0.234. The summed E-state index contributed by atoms with van der Waals surface area (Å²) < 4.78 is 0. The van der Waals surface area contributed by atoms with Gasteiger partial charge in [-0.2, -0.15) is 0 Å². The van der Waals surface area contributed by atoms with Gasteiger partial charge in [0.1, 0.15) is 5.84 Å². The second kappa shape index (κ2) is 3.29. The van der Waals surface area contributed by atoms with Gasteiger partial charge in [-0.05, 0) is 19.9 Å². The molecule has 1 fully saturated rings. The minimum absolute atomic E-state index is 0.0498. The van der Waals surface area contributed by atoms with Crippen LogP contribution in [0.3, 0.4) is 0 Å². The number of hydrogen-bond donors (Lipinski definition) is 1. The normalized spacial score (nSPS) is 20.1. The van der Waals surface area contributed by atoms with Crippen LogP contribution in [-0.4, -0.2) is 29.9 Å². The van der Waals surface area contributed by atoms with Crippen molar-refractivity contribution in [1.82, 2.24) is 10.2 Å². The summed E-state index contributed by atoms with van der Waals surface area (Å²) in [5, 5.41) is 2.76. The summed E-state index contributed by atoms with van der Waals surface area (Å²) in [6.07, 6.45) is 3.68. The van der Waals surface area contributed by atoms with E-state index in [1.165, 1.54) is 5.57 Å². The highest BCUT2D eigenvalue weighted by atomic mass is 16.2. The Morgan fingerprint density at radius 3 is 2.93 bits per heavy atom. The van der Waals surface area contributed by atoms with Crippen LogP contribution < -0.4 is 5.32 Å². The maximum Gasteiger partial charge on any atom is 0.323 e. The molecule has 2 amide bonds. The Bertz CT molecular complexity index is 362. The molecule has 2 aliphatic rings. The van der Waals surface area contributed by atoms with Crippen LogP contribution in [0.4, 0.5) is 4.79 Å². The van der Waals surface area contributed by atoms with Gasteiger partial charge in [-0.3, -0.25) is 4.90 Å². The fourth-order valence-electron chi connectivity index (χ4n) is 1.61. The number of carbonyl (C=O) groups excluding carboxylic acids is 1. The first-order valence-corrected chi connectivity index (χ1v) is 4.67. The monoisotopic (exact) mass is 191 g/mol. The fourth-order valence-corrected chi connectivity index (χ4v) is 1.61. The van der Waals surface area contributed by atoms with E-state index in [9.17, 15) is 4.79 Å². The van der Waals surface area contributed by atoms with Crippen molar-refractivity contribution in [2.24, 2.45) is 4.99 Å². The summed E-state index contributed by atoms with van der Waals surface area (Å²) in [4.78, 5) is 17.3. The van der Waals surface area contributed by atoms with Gasteiger partial charge < -0.3 is 5.32 Å². The number of nitrogens with zero attached hydrogens (tertiary/aromatic N) is 2. The first-order chi connectivity index (χ1) is 6.70. The highest BCUT2D eigenvalue weighted by molar-refractivity contribution is 6.11. The minimum Gasteiger partial charge on any atom is -0.336 e. The predicted octanol–water partition coefficient (Wildman–Crippen LogP) is 1.27. The first-order valence-electron chi connectivity index (χ1n) is 4.67. The zero-order valence-corrected chi connectivity index (χ0v) is 8.37. The molecular formula is C10H13N3O. The average molecular weight is 191 g/mol. The molecule has 74 valence electrons. The summed E-state index contributed by atoms with van der Waals surface area (Å²) in [5.41, 5.74) is 2.24. The average Bonchev–Trinajstić information content (AvgIpc) is 2.70. The molecule has 0 saturated carbocycles. The number of aliphatic imine (C=N–C) groups is 1. The Morgan fingerprint density at radius 1 is 1.57 bits per heavy atom. The van der Waals surface area contributed by atoms with Gasteiger partial charge in [0, 0.05) is 24.9 Å². The van der Waals surface area contributed by atoms with Gasteiger partial charge in [0.2, 0.25) is 0 Å². The smallest absolute Gasteiger partial charge is 0.323 e. The standard InChI is InChI=1S/C10H13N3O/c1-7(2)8-3-4-11-9(8)13-6-5-12-10(13)14/h3-4H,5-6H2,1-2H3,(H,12,14). The van der Waals surface area contributed by atoms with Gasteiger partial charge in [-0.15, -0.1) is 0 Å². The van der Waals surface area contributed by atoms with Crippen LogP contribution in [0.25, 0.3) is 0 Å². The Balaban J connectivity index is 2.28. The molecule has 1 N–H and O–H groups in total. The number of rotatable bonds is 0. The van der Waals surface area contributed by atoms with Crippen LogP contribution in [-0.2, 0) is 0 Å². The number of allylic oxidation sites excluding steroid dienone is 1. The van der Waals surface area contributed by atoms with E-state index in [1.54, 1.807) is 11.1 Å². The van der Waals surface area contributed by atoms with Crippen LogP contribution in [0.5, 0.6) is 0 Å². The summed E-state index contributed by atoms with van der Waals surface area (Å²) >= 11 is 0. The second-order valence-corrected chi connectivity index (χ2v) is 3.57. The molecule has 0 aromatic carbocycles. The lowest BCUT2D eigenvalue weighted by Gasteiger charge is -2.15. The van der Waals surface area contributed by atoms with Crippen molar-refractivity contribution in [3.63, 3.8) is 0 Å². The van der Waals surface area contributed by atoms with Crippen molar-refractivity contribution in [2.45, 2.75) is 13.8 Å². The van der Waals surface area contributed by atoms with Gasteiger partial charge in [-0.25, -0.2) is 9.79 Å². The van der Waals surface area contributed by atoms with E-state index in [1.807, 2.05) is 19.9 Å². The lowest BCUT2D eigenvalue weighted by atomic mass is 10.1. The van der Waals surface area contributed by atoms with Crippen molar-refractivity contribution >= 4 is 11.9 Å². The van der Waals surface area contributed by atoms with E-state index in [0.717, 1.165) is 11.4 Å². The Hall–Kier alpha value is -1.58. The van der Waals surface area contributed by atoms with Crippen molar-refractivity contribution in [3.05, 3.63) is 23.4 Å². The molecule has 4 nitrogen and oxygen atoms in total. The van der Waals surface area contributed by atoms with Crippen LogP contribution >= 0.6 is 0 Å². The fraction of sp³-hybridized carbons (Fsp3) is 0.400. The van der Waals surface area contributed by atoms with Crippen LogP contribution in [0.2, 0.25) is 0 Å². The maximum absolute atomic E-state index is 11.4. The summed E-state index contributed by atoms with van der Waals surface area (Å²) in [6, 6.07) is -0.0498. The summed E-state index contributed by atoms with van der Waals surface area (Å²) in [7, 11) is 0. The third-order valence-corrected chi connectivity index (χ3v) is 2.33. The van der Waals surface area contributed by atoms with E-state index >= 15 is 0 Å². The number of hydrogen-bond acceptors (Lipinski definition) is 2. The topological polar surface area (TPSA) is 44.7 Å². The molecule has 0 radical (unpaired) electrons. The van der Waals surface area contributed by atoms with E-state index in [-0.39, 0.29) is 6.03 Å². The predicted molar refractivity (Wildman–Crippen MR) is 55.1 cm³/mol. The zero-order valence-electron chi connectivity index (χ0n) is 8.37. The Kier molecular flexibility index (Phi) is 2.11. The third-order valence-electron chi connectivity index (χ3n) is 2.33. The quantitative estimate of drug-likeness (QED) is 0.615. The van der Waals surface area contributed by atoms with E-state index in [2.05, 4.69) is 10.3 Å². The highest BCUT2D eigenvalue weighted by Crippen LogP contribution is 2.18. The van der Waals surface area contributed by atoms with Gasteiger partial charge >= 0.3 is 6.03 Å². The number of urea groups is 1. The molecule has 0 spiro atoms. The highest BCUT2D eigenvalue weighted by Gasteiger charge is 2.27. The molecule has 0 unspecified atom stereocenters. The summed E-state index contributed by atoms with van der Waals surface area (Å²) in [6.45, 7) is 5.45.